The van der Waals surface area contributed by atoms with E-state index >= 15 is 0 Å². The van der Waals surface area contributed by atoms with Gasteiger partial charge in [-0.05, 0) is 48.1 Å². The Morgan fingerprint density at radius 1 is 0.957 bits per heavy atom. The number of nitrogens with one attached hydrogen (secondary N) is 3. The molecule has 3 unspecified atom stereocenters. The number of aryl methyl sites for hydroxylation is 2. The third kappa shape index (κ3) is 15.3. The van der Waals surface area contributed by atoms with Crippen molar-refractivity contribution in [3.05, 3.63) is 88.2 Å². The van der Waals surface area contributed by atoms with Crippen LogP contribution in [0.5, 0.6) is 5.75 Å². The SMILES string of the molecule is COc1ccc(-c2ocnc2C(=O)NCCCn2cc(COCCOCCOCCOCC(=O)NC(C(=O)N3CC(O)CC3C(=O)NCc3ccc(-c4scnc4C)cc3)C(C)(C)C)nn2)cc1Cl. The first kappa shape index (κ1) is 52.6. The number of ether oxygens (including phenoxy) is 5. The zero-order valence-corrected chi connectivity index (χ0v) is 41.0. The molecule has 1 aliphatic rings. The standard InChI is InChI=1S/C47H60ClN9O11S/c1-30-42(69-29-52-30)32-9-7-31(8-10-32)23-50-44(60)37-22-35(58)25-57(37)46(62)43(47(2,3)4)53-39(59)27-67-20-18-65-16-15-64-17-19-66-26-34-24-56(55-54-34)14-6-13-49-45(61)40-41(68-28-51-40)33-11-12-38(63-5)36(48)21-33/h7-12,21,24,28-29,35,37,43,58H,6,13-20,22-23,25-27H2,1-5H3,(H,49,61)(H,50,60)(H,53,59). The molecule has 1 saturated heterocycles. The quantitative estimate of drug-likeness (QED) is 0.0567. The topological polar surface area (TPSA) is 244 Å². The van der Waals surface area contributed by atoms with Crippen LogP contribution >= 0.6 is 22.9 Å². The largest absolute Gasteiger partial charge is 0.495 e. The van der Waals surface area contributed by atoms with Crippen molar-refractivity contribution in [1.82, 2.24) is 45.8 Å². The summed E-state index contributed by atoms with van der Waals surface area (Å²) in [5, 5.41) is 27.7. The van der Waals surface area contributed by atoms with E-state index in [1.165, 1.54) is 18.4 Å². The average Bonchev–Trinajstić information content (AvgIpc) is 4.17. The van der Waals surface area contributed by atoms with Gasteiger partial charge in [0, 0.05) is 38.2 Å². The molecule has 0 saturated carbocycles. The van der Waals surface area contributed by atoms with Crippen LogP contribution in [0.3, 0.4) is 0 Å². The number of hydrogen-bond acceptors (Lipinski definition) is 16. The molecule has 4 heterocycles. The molecule has 2 aromatic carbocycles. The maximum absolute atomic E-state index is 13.9. The van der Waals surface area contributed by atoms with E-state index in [1.807, 2.05) is 52.0 Å². The number of carbonyl (C=O) groups is 4. The number of hydrogen-bond donors (Lipinski definition) is 4. The summed E-state index contributed by atoms with van der Waals surface area (Å²) in [6, 6.07) is 11.0. The number of β-amino-alcohol motifs (C(OH)–C–C–N with tert-alkyl or cyclic N) is 1. The molecule has 1 aliphatic heterocycles. The van der Waals surface area contributed by atoms with Crippen LogP contribution in [-0.2, 0) is 53.0 Å². The maximum Gasteiger partial charge on any atom is 0.273 e. The number of carbonyl (C=O) groups excluding carboxylic acids is 4. The normalized spacial score (nSPS) is 15.3. The van der Waals surface area contributed by atoms with Crippen molar-refractivity contribution in [2.24, 2.45) is 5.41 Å². The van der Waals surface area contributed by atoms with Crippen molar-refractivity contribution in [1.29, 1.82) is 0 Å². The van der Waals surface area contributed by atoms with E-state index in [-0.39, 0.29) is 63.4 Å². The van der Waals surface area contributed by atoms with Crippen LogP contribution in [0.2, 0.25) is 5.02 Å². The molecule has 3 aromatic heterocycles. The van der Waals surface area contributed by atoms with Crippen molar-refractivity contribution in [3.63, 3.8) is 0 Å². The Balaban J connectivity index is 0.790. The monoisotopic (exact) mass is 993 g/mol. The third-order valence-corrected chi connectivity index (χ3v) is 12.2. The van der Waals surface area contributed by atoms with Crippen molar-refractivity contribution in [2.45, 2.75) is 78.4 Å². The van der Waals surface area contributed by atoms with Gasteiger partial charge >= 0.3 is 0 Å². The van der Waals surface area contributed by atoms with Crippen LogP contribution in [0.15, 0.2) is 65.0 Å². The summed E-state index contributed by atoms with van der Waals surface area (Å²) in [7, 11) is 1.52. The van der Waals surface area contributed by atoms with Crippen molar-refractivity contribution >= 4 is 46.6 Å². The van der Waals surface area contributed by atoms with E-state index in [0.717, 1.165) is 21.7 Å². The summed E-state index contributed by atoms with van der Waals surface area (Å²) in [4.78, 5) is 63.9. The highest BCUT2D eigenvalue weighted by Gasteiger charge is 2.44. The highest BCUT2D eigenvalue weighted by Crippen LogP contribution is 2.32. The number of amides is 4. The van der Waals surface area contributed by atoms with Gasteiger partial charge in [0.1, 0.15) is 30.1 Å². The van der Waals surface area contributed by atoms with Gasteiger partial charge in [-0.3, -0.25) is 23.9 Å². The smallest absolute Gasteiger partial charge is 0.273 e. The molecule has 0 radical (unpaired) electrons. The molecular formula is C47H60ClN9O11S. The minimum Gasteiger partial charge on any atom is -0.495 e. The first-order valence-electron chi connectivity index (χ1n) is 22.5. The van der Waals surface area contributed by atoms with Crippen molar-refractivity contribution < 1.29 is 52.4 Å². The molecule has 0 bridgehead atoms. The van der Waals surface area contributed by atoms with Gasteiger partial charge in [-0.25, -0.2) is 9.97 Å². The summed E-state index contributed by atoms with van der Waals surface area (Å²) in [5.74, 6) is -0.893. The molecular weight excluding hydrogens is 934 g/mol. The minimum atomic E-state index is -0.975. The number of oxazole rings is 1. The van der Waals surface area contributed by atoms with Gasteiger partial charge in [0.15, 0.2) is 17.8 Å². The fraction of sp³-hybridized carbons (Fsp3) is 0.489. The Morgan fingerprint density at radius 2 is 1.67 bits per heavy atom. The van der Waals surface area contributed by atoms with Crippen LogP contribution in [0.25, 0.3) is 21.8 Å². The molecule has 3 atom stereocenters. The minimum absolute atomic E-state index is 0.0249. The van der Waals surface area contributed by atoms with Gasteiger partial charge in [0.05, 0.1) is 86.8 Å². The molecule has 0 spiro atoms. The number of likely N-dealkylation sites (tertiary alicyclic amines) is 1. The van der Waals surface area contributed by atoms with Crippen LogP contribution in [0.4, 0.5) is 0 Å². The van der Waals surface area contributed by atoms with Gasteiger partial charge in [-0.2, -0.15) is 0 Å². The molecule has 4 N–H and O–H groups in total. The number of halogens is 1. The first-order chi connectivity index (χ1) is 33.2. The number of aromatic nitrogens is 5. The van der Waals surface area contributed by atoms with Gasteiger partial charge in [-0.1, -0.05) is 61.9 Å². The first-order valence-corrected chi connectivity index (χ1v) is 23.8. The van der Waals surface area contributed by atoms with E-state index in [9.17, 15) is 24.3 Å². The Morgan fingerprint density at radius 3 is 2.35 bits per heavy atom. The lowest BCUT2D eigenvalue weighted by molar-refractivity contribution is -0.144. The van der Waals surface area contributed by atoms with E-state index in [4.69, 9.17) is 39.7 Å². The second-order valence-corrected chi connectivity index (χ2v) is 18.5. The second kappa shape index (κ2) is 25.7. The van der Waals surface area contributed by atoms with Gasteiger partial charge in [0.25, 0.3) is 5.91 Å². The number of aliphatic hydroxyl groups is 1. The molecule has 372 valence electrons. The molecule has 20 nitrogen and oxygen atoms in total. The highest BCUT2D eigenvalue weighted by atomic mass is 35.5. The van der Waals surface area contributed by atoms with Crippen LogP contribution in [0, 0.1) is 12.3 Å². The molecule has 0 aliphatic carbocycles. The summed E-state index contributed by atoms with van der Waals surface area (Å²) in [6.45, 7) is 10.1. The number of thiazole rings is 1. The second-order valence-electron chi connectivity index (χ2n) is 17.2. The average molecular weight is 995 g/mol. The van der Waals surface area contributed by atoms with E-state index in [2.05, 4.69) is 36.2 Å². The van der Waals surface area contributed by atoms with Crippen LogP contribution in [0.1, 0.15) is 61.1 Å². The van der Waals surface area contributed by atoms with Crippen molar-refractivity contribution in [2.75, 3.05) is 66.4 Å². The van der Waals surface area contributed by atoms with E-state index in [1.54, 1.807) is 45.9 Å². The zero-order chi connectivity index (χ0) is 49.3. The number of nitrogens with zero attached hydrogens (tertiary/aromatic N) is 6. The Hall–Kier alpha value is -5.81. The summed E-state index contributed by atoms with van der Waals surface area (Å²) < 4.78 is 34.6. The summed E-state index contributed by atoms with van der Waals surface area (Å²) >= 11 is 7.80. The summed E-state index contributed by atoms with van der Waals surface area (Å²) in [6.07, 6.45) is 2.79. The lowest BCUT2D eigenvalue weighted by atomic mass is 9.85. The van der Waals surface area contributed by atoms with Gasteiger partial charge < -0.3 is 54.1 Å². The Labute approximate surface area is 409 Å². The predicted octanol–water partition coefficient (Wildman–Crippen LogP) is 4.22. The lowest BCUT2D eigenvalue weighted by Crippen LogP contribution is -2.58. The van der Waals surface area contributed by atoms with Gasteiger partial charge in [0.2, 0.25) is 17.7 Å². The van der Waals surface area contributed by atoms with Gasteiger partial charge in [-0.15, -0.1) is 16.4 Å². The molecule has 6 rings (SSSR count). The highest BCUT2D eigenvalue weighted by molar-refractivity contribution is 7.13. The molecule has 5 aromatic rings. The third-order valence-electron chi connectivity index (χ3n) is 10.9. The lowest BCUT2D eigenvalue weighted by Gasteiger charge is -2.35. The molecule has 4 amide bonds. The maximum atomic E-state index is 13.9. The van der Waals surface area contributed by atoms with E-state index < -0.39 is 35.4 Å². The fourth-order valence-corrected chi connectivity index (χ4v) is 8.41. The number of methoxy groups -OCH3 is 1. The number of aliphatic hydroxyl groups excluding tert-OH is 1. The number of rotatable bonds is 26. The molecule has 22 heteroatoms. The zero-order valence-electron chi connectivity index (χ0n) is 39.4. The molecule has 1 fully saturated rings. The fourth-order valence-electron chi connectivity index (χ4n) is 7.34. The predicted molar refractivity (Wildman–Crippen MR) is 254 cm³/mol. The Bertz CT molecular complexity index is 2460. The van der Waals surface area contributed by atoms with Crippen LogP contribution < -0.4 is 20.7 Å². The Kier molecular flexibility index (Phi) is 19.6. The van der Waals surface area contributed by atoms with E-state index in [0.29, 0.717) is 73.7 Å². The number of benzene rings is 2. The van der Waals surface area contributed by atoms with Crippen LogP contribution in [-0.4, -0.2) is 143 Å². The summed E-state index contributed by atoms with van der Waals surface area (Å²) in [5.41, 5.74) is 5.39. The van der Waals surface area contributed by atoms with Crippen molar-refractivity contribution in [3.8, 4) is 27.5 Å². The molecule has 69 heavy (non-hydrogen) atoms.